The van der Waals surface area contributed by atoms with Gasteiger partial charge >= 0.3 is 5.97 Å². The zero-order chi connectivity index (χ0) is 24.8. The Kier molecular flexibility index (Phi) is 6.70. The van der Waals surface area contributed by atoms with Gasteiger partial charge in [-0.05, 0) is 77.0 Å². The van der Waals surface area contributed by atoms with Crippen LogP contribution in [0.25, 0.3) is 0 Å². The minimum atomic E-state index is -0.877. The molecule has 190 valence electrons. The van der Waals surface area contributed by atoms with Crippen LogP contribution in [-0.2, 0) is 23.9 Å². The first-order valence-electron chi connectivity index (χ1n) is 12.6. The number of rotatable bonds is 6. The number of likely N-dealkylation sites (tertiary alicyclic amines) is 1. The Morgan fingerprint density at radius 2 is 1.59 bits per heavy atom. The molecule has 0 aromatic rings. The predicted molar refractivity (Wildman–Crippen MR) is 123 cm³/mol. The van der Waals surface area contributed by atoms with Crippen molar-refractivity contribution in [3.63, 3.8) is 0 Å². The van der Waals surface area contributed by atoms with Gasteiger partial charge in [0.05, 0.1) is 18.1 Å². The Labute approximate surface area is 201 Å². The van der Waals surface area contributed by atoms with Crippen LogP contribution in [0.15, 0.2) is 0 Å². The highest BCUT2D eigenvalue weighted by atomic mass is 16.5. The number of esters is 1. The summed E-state index contributed by atoms with van der Waals surface area (Å²) in [7, 11) is 1.47. The van der Waals surface area contributed by atoms with Crippen molar-refractivity contribution < 1.29 is 29.0 Å². The van der Waals surface area contributed by atoms with E-state index in [1.54, 1.807) is 0 Å². The van der Waals surface area contributed by atoms with Gasteiger partial charge in [0, 0.05) is 25.6 Å². The van der Waals surface area contributed by atoms with Gasteiger partial charge in [-0.15, -0.1) is 0 Å². The van der Waals surface area contributed by atoms with Crippen LogP contribution in [0.2, 0.25) is 0 Å². The third kappa shape index (κ3) is 5.24. The van der Waals surface area contributed by atoms with Crippen LogP contribution in [0, 0.1) is 23.2 Å². The molecule has 0 spiro atoms. The van der Waals surface area contributed by atoms with Gasteiger partial charge in [-0.3, -0.25) is 14.4 Å². The Hall–Kier alpha value is -2.16. The molecular formula is C25H39N3O6. The number of ether oxygens (including phenoxy) is 1. The summed E-state index contributed by atoms with van der Waals surface area (Å²) in [5, 5.41) is 13.1. The molecule has 0 aromatic carbocycles. The van der Waals surface area contributed by atoms with E-state index in [1.165, 1.54) is 36.1 Å². The molecule has 5 fully saturated rings. The first kappa shape index (κ1) is 24.9. The first-order valence-corrected chi connectivity index (χ1v) is 12.6. The van der Waals surface area contributed by atoms with E-state index in [0.717, 1.165) is 19.3 Å². The molecule has 1 saturated heterocycles. The molecule has 2 atom stereocenters. The van der Waals surface area contributed by atoms with Gasteiger partial charge in [0.2, 0.25) is 11.8 Å². The van der Waals surface area contributed by atoms with Crippen LogP contribution in [-0.4, -0.2) is 83.0 Å². The molecule has 0 radical (unpaired) electrons. The van der Waals surface area contributed by atoms with Gasteiger partial charge in [0.1, 0.15) is 6.04 Å². The van der Waals surface area contributed by atoms with E-state index in [4.69, 9.17) is 4.74 Å². The zero-order valence-electron chi connectivity index (χ0n) is 20.8. The minimum Gasteiger partial charge on any atom is -0.454 e. The highest BCUT2D eigenvalue weighted by Gasteiger charge is 2.57. The van der Waals surface area contributed by atoms with Crippen LogP contribution < -0.4 is 5.32 Å². The molecule has 5 aliphatic rings. The molecule has 0 aromatic heterocycles. The van der Waals surface area contributed by atoms with E-state index >= 15 is 0 Å². The van der Waals surface area contributed by atoms with Crippen molar-refractivity contribution in [1.29, 1.82) is 0 Å². The number of nitrogens with zero attached hydrogens (tertiary/aromatic N) is 2. The van der Waals surface area contributed by atoms with Crippen LogP contribution in [0.1, 0.15) is 65.7 Å². The zero-order valence-corrected chi connectivity index (χ0v) is 20.8. The SMILES string of the molecule is CN(CC(=O)NC(C)(C)C)C(=O)COC(=O)[C@@H]1CC(O)CN1C(=O)C12CC3CC(CC(C3)C1)C2. The van der Waals surface area contributed by atoms with Crippen molar-refractivity contribution in [2.45, 2.75) is 83.4 Å². The smallest absolute Gasteiger partial charge is 0.329 e. The second-order valence-corrected chi connectivity index (χ2v) is 12.2. The molecule has 3 amide bonds. The lowest BCUT2D eigenvalue weighted by Gasteiger charge is -2.56. The molecule has 34 heavy (non-hydrogen) atoms. The molecule has 1 heterocycles. The van der Waals surface area contributed by atoms with E-state index in [0.29, 0.717) is 17.8 Å². The Morgan fingerprint density at radius 1 is 1.03 bits per heavy atom. The van der Waals surface area contributed by atoms with Crippen LogP contribution in [0.3, 0.4) is 0 Å². The second kappa shape index (κ2) is 9.13. The number of aliphatic hydroxyl groups excluding tert-OH is 1. The highest BCUT2D eigenvalue weighted by molar-refractivity contribution is 5.90. The van der Waals surface area contributed by atoms with Crippen LogP contribution in [0.4, 0.5) is 0 Å². The minimum absolute atomic E-state index is 0.0209. The summed E-state index contributed by atoms with van der Waals surface area (Å²) >= 11 is 0. The number of hydrogen-bond donors (Lipinski definition) is 2. The number of β-amino-alcohol motifs (C(OH)–C–C–N with tert-alkyl or cyclic N) is 1. The molecule has 9 heteroatoms. The third-order valence-electron chi connectivity index (χ3n) is 7.96. The number of amides is 3. The molecule has 4 aliphatic carbocycles. The molecule has 1 aliphatic heterocycles. The second-order valence-electron chi connectivity index (χ2n) is 12.2. The fourth-order valence-corrected chi connectivity index (χ4v) is 7.04. The van der Waals surface area contributed by atoms with Gasteiger partial charge in [0.15, 0.2) is 6.61 Å². The molecule has 9 nitrogen and oxygen atoms in total. The lowest BCUT2D eigenvalue weighted by atomic mass is 9.49. The van der Waals surface area contributed by atoms with Gasteiger partial charge in [0.25, 0.3) is 5.91 Å². The Balaban J connectivity index is 1.34. The van der Waals surface area contributed by atoms with Gasteiger partial charge in [-0.1, -0.05) is 0 Å². The van der Waals surface area contributed by atoms with Crippen LogP contribution in [0.5, 0.6) is 0 Å². The number of carbonyl (C=O) groups is 4. The van der Waals surface area contributed by atoms with Gasteiger partial charge in [-0.2, -0.15) is 0 Å². The lowest BCUT2D eigenvalue weighted by Crippen LogP contribution is -2.56. The largest absolute Gasteiger partial charge is 0.454 e. The maximum Gasteiger partial charge on any atom is 0.329 e. The number of aliphatic hydroxyl groups is 1. The van der Waals surface area contributed by atoms with Crippen LogP contribution >= 0.6 is 0 Å². The van der Waals surface area contributed by atoms with E-state index < -0.39 is 41.6 Å². The van der Waals surface area contributed by atoms with Crippen molar-refractivity contribution in [3.05, 3.63) is 0 Å². The van der Waals surface area contributed by atoms with Crippen molar-refractivity contribution in [3.8, 4) is 0 Å². The number of hydrogen-bond acceptors (Lipinski definition) is 6. The monoisotopic (exact) mass is 477 g/mol. The maximum atomic E-state index is 13.7. The summed E-state index contributed by atoms with van der Waals surface area (Å²) in [6.45, 7) is 5.01. The maximum absolute atomic E-state index is 13.7. The van der Waals surface area contributed by atoms with Gasteiger partial charge in [-0.25, -0.2) is 4.79 Å². The summed E-state index contributed by atoms with van der Waals surface area (Å²) in [6, 6.07) is -0.877. The molecule has 5 rings (SSSR count). The van der Waals surface area contributed by atoms with Crippen molar-refractivity contribution in [2.75, 3.05) is 26.7 Å². The lowest BCUT2D eigenvalue weighted by molar-refractivity contribution is -0.166. The van der Waals surface area contributed by atoms with E-state index in [2.05, 4.69) is 5.32 Å². The number of nitrogens with one attached hydrogen (secondary N) is 1. The molecular weight excluding hydrogens is 438 g/mol. The van der Waals surface area contributed by atoms with Gasteiger partial charge < -0.3 is 25.0 Å². The Morgan fingerprint density at radius 3 is 2.12 bits per heavy atom. The summed E-state index contributed by atoms with van der Waals surface area (Å²) in [5.74, 6) is 0.282. The standard InChI is InChI=1S/C25H39N3O6/c1-24(2,3)26-20(30)13-27(4)21(31)14-34-22(32)19-8-18(29)12-28(19)23(33)25-9-15-5-16(10-25)7-17(6-15)11-25/h15-19,29H,5-14H2,1-4H3,(H,26,30)/t15?,16?,17?,18?,19-,25?/m0/s1. The highest BCUT2D eigenvalue weighted by Crippen LogP contribution is 2.60. The summed E-state index contributed by atoms with van der Waals surface area (Å²) in [4.78, 5) is 53.8. The first-order chi connectivity index (χ1) is 15.8. The molecule has 4 bridgehead atoms. The summed E-state index contributed by atoms with van der Waals surface area (Å²) in [5.41, 5.74) is -0.822. The third-order valence-corrected chi connectivity index (χ3v) is 7.96. The van der Waals surface area contributed by atoms with E-state index in [9.17, 15) is 24.3 Å². The Bertz CT molecular complexity index is 815. The van der Waals surface area contributed by atoms with Crippen molar-refractivity contribution in [2.24, 2.45) is 23.2 Å². The normalized spacial score (nSPS) is 34.1. The fourth-order valence-electron chi connectivity index (χ4n) is 7.04. The average Bonchev–Trinajstić information content (AvgIpc) is 3.10. The predicted octanol–water partition coefficient (Wildman–Crippen LogP) is 1.08. The molecule has 2 N–H and O–H groups in total. The van der Waals surface area contributed by atoms with Crippen molar-refractivity contribution >= 4 is 23.7 Å². The quantitative estimate of drug-likeness (QED) is 0.553. The molecule has 1 unspecified atom stereocenters. The van der Waals surface area contributed by atoms with E-state index in [-0.39, 0.29) is 31.3 Å². The van der Waals surface area contributed by atoms with E-state index in [1.807, 2.05) is 20.8 Å². The number of carbonyl (C=O) groups excluding carboxylic acids is 4. The average molecular weight is 478 g/mol. The number of likely N-dealkylation sites (N-methyl/N-ethyl adjacent to an activating group) is 1. The fraction of sp³-hybridized carbons (Fsp3) is 0.840. The topological polar surface area (TPSA) is 116 Å². The van der Waals surface area contributed by atoms with Crippen molar-refractivity contribution in [1.82, 2.24) is 15.1 Å². The molecule has 4 saturated carbocycles. The summed E-state index contributed by atoms with van der Waals surface area (Å²) < 4.78 is 5.27. The summed E-state index contributed by atoms with van der Waals surface area (Å²) in [6.07, 6.45) is 5.62.